The van der Waals surface area contributed by atoms with E-state index in [9.17, 15) is 9.90 Å². The van der Waals surface area contributed by atoms with E-state index >= 15 is 0 Å². The van der Waals surface area contributed by atoms with Gasteiger partial charge in [-0.15, -0.1) is 0 Å². The summed E-state index contributed by atoms with van der Waals surface area (Å²) >= 11 is 6.32. The molecule has 3 rings (SSSR count). The minimum absolute atomic E-state index is 0.0577. The van der Waals surface area contributed by atoms with Crippen molar-refractivity contribution >= 4 is 23.2 Å². The lowest BCUT2D eigenvalue weighted by Gasteiger charge is -2.41. The van der Waals surface area contributed by atoms with Crippen LogP contribution in [0.2, 0.25) is 5.02 Å². The Bertz CT molecular complexity index is 768. The number of aliphatic hydroxyl groups is 1. The molecule has 2 N–H and O–H groups in total. The summed E-state index contributed by atoms with van der Waals surface area (Å²) in [6.45, 7) is 4.50. The van der Waals surface area contributed by atoms with Crippen LogP contribution < -0.4 is 5.32 Å². The molecule has 4 nitrogen and oxygen atoms in total. The number of piperidine rings is 1. The normalized spacial score (nSPS) is 16.9. The summed E-state index contributed by atoms with van der Waals surface area (Å²) in [5.74, 6) is -0.0577. The van der Waals surface area contributed by atoms with Crippen molar-refractivity contribution in [3.05, 3.63) is 64.7 Å². The Hall–Kier alpha value is -1.88. The van der Waals surface area contributed by atoms with Crippen molar-refractivity contribution < 1.29 is 9.90 Å². The Balaban J connectivity index is 1.57. The predicted octanol–water partition coefficient (Wildman–Crippen LogP) is 4.12. The van der Waals surface area contributed by atoms with Crippen LogP contribution >= 0.6 is 11.6 Å². The SMILES string of the molecule is CC(=O)Nc1ccc(CN2CCC(CO)(Cc3ccccc3Cl)CC2)cc1. The first-order valence-corrected chi connectivity index (χ1v) is 9.81. The highest BCUT2D eigenvalue weighted by molar-refractivity contribution is 6.31. The molecule has 0 aromatic heterocycles. The molecule has 1 saturated heterocycles. The monoisotopic (exact) mass is 386 g/mol. The Morgan fingerprint density at radius 3 is 2.41 bits per heavy atom. The lowest BCUT2D eigenvalue weighted by Crippen LogP contribution is -2.42. The van der Waals surface area contributed by atoms with Crippen molar-refractivity contribution in [2.45, 2.75) is 32.7 Å². The van der Waals surface area contributed by atoms with Gasteiger partial charge in [-0.2, -0.15) is 0 Å². The molecule has 0 atom stereocenters. The number of nitrogens with zero attached hydrogens (tertiary/aromatic N) is 1. The maximum atomic E-state index is 11.1. The zero-order valence-corrected chi connectivity index (χ0v) is 16.5. The van der Waals surface area contributed by atoms with Gasteiger partial charge in [0.25, 0.3) is 0 Å². The lowest BCUT2D eigenvalue weighted by atomic mass is 9.74. The molecule has 27 heavy (non-hydrogen) atoms. The van der Waals surface area contributed by atoms with Crippen molar-refractivity contribution in [3.63, 3.8) is 0 Å². The molecule has 0 radical (unpaired) electrons. The second kappa shape index (κ2) is 8.87. The molecule has 0 aliphatic carbocycles. The second-order valence-corrected chi connectivity index (χ2v) is 7.99. The van der Waals surface area contributed by atoms with Crippen LogP contribution in [-0.4, -0.2) is 35.6 Å². The van der Waals surface area contributed by atoms with Crippen molar-refractivity contribution in [1.82, 2.24) is 4.90 Å². The van der Waals surface area contributed by atoms with Gasteiger partial charge in [-0.05, 0) is 67.1 Å². The van der Waals surface area contributed by atoms with Crippen LogP contribution in [0.4, 0.5) is 5.69 Å². The summed E-state index contributed by atoms with van der Waals surface area (Å²) in [5, 5.41) is 13.7. The molecule has 2 aromatic carbocycles. The van der Waals surface area contributed by atoms with Crippen LogP contribution in [0, 0.1) is 5.41 Å². The fraction of sp³-hybridized carbons (Fsp3) is 0.409. The standard InChI is InChI=1S/C22H27ClN2O2/c1-17(27)24-20-8-6-18(7-9-20)15-25-12-10-22(16-26,11-13-25)14-19-4-2-3-5-21(19)23/h2-9,26H,10-16H2,1H3,(H,24,27). The summed E-state index contributed by atoms with van der Waals surface area (Å²) in [6, 6.07) is 15.9. The number of benzene rings is 2. The third-order valence-corrected chi connectivity index (χ3v) is 5.82. The van der Waals surface area contributed by atoms with Crippen molar-refractivity contribution in [1.29, 1.82) is 0 Å². The van der Waals surface area contributed by atoms with Crippen LogP contribution in [0.15, 0.2) is 48.5 Å². The molecule has 5 heteroatoms. The van der Waals surface area contributed by atoms with Gasteiger partial charge in [0.1, 0.15) is 0 Å². The zero-order valence-electron chi connectivity index (χ0n) is 15.7. The van der Waals surface area contributed by atoms with Gasteiger partial charge < -0.3 is 10.4 Å². The molecule has 0 unspecified atom stereocenters. The minimum Gasteiger partial charge on any atom is -0.396 e. The molecule has 1 aliphatic heterocycles. The molecule has 0 saturated carbocycles. The van der Waals surface area contributed by atoms with Gasteiger partial charge in [0.05, 0.1) is 0 Å². The summed E-state index contributed by atoms with van der Waals surface area (Å²) < 4.78 is 0. The number of aliphatic hydroxyl groups excluding tert-OH is 1. The summed E-state index contributed by atoms with van der Waals surface area (Å²) in [7, 11) is 0. The van der Waals surface area contributed by atoms with E-state index in [0.717, 1.165) is 55.2 Å². The highest BCUT2D eigenvalue weighted by Gasteiger charge is 2.34. The van der Waals surface area contributed by atoms with Crippen LogP contribution in [0.25, 0.3) is 0 Å². The number of nitrogens with one attached hydrogen (secondary N) is 1. The Kier molecular flexibility index (Phi) is 6.53. The molecular weight excluding hydrogens is 360 g/mol. The molecule has 1 amide bonds. The average Bonchev–Trinajstić information content (AvgIpc) is 2.66. The van der Waals surface area contributed by atoms with Crippen LogP contribution in [-0.2, 0) is 17.8 Å². The lowest BCUT2D eigenvalue weighted by molar-refractivity contribution is -0.114. The highest BCUT2D eigenvalue weighted by atomic mass is 35.5. The number of carbonyl (C=O) groups excluding carboxylic acids is 1. The zero-order chi connectivity index (χ0) is 19.3. The van der Waals surface area contributed by atoms with Crippen LogP contribution in [0.3, 0.4) is 0 Å². The average molecular weight is 387 g/mol. The van der Waals surface area contributed by atoms with Gasteiger partial charge in [0, 0.05) is 30.8 Å². The molecule has 2 aromatic rings. The van der Waals surface area contributed by atoms with E-state index in [2.05, 4.69) is 28.4 Å². The molecule has 1 fully saturated rings. The number of rotatable bonds is 6. The maximum Gasteiger partial charge on any atom is 0.221 e. The number of hydrogen-bond donors (Lipinski definition) is 2. The number of likely N-dealkylation sites (tertiary alicyclic amines) is 1. The van der Waals surface area contributed by atoms with Gasteiger partial charge in [0.2, 0.25) is 5.91 Å². The summed E-state index contributed by atoms with van der Waals surface area (Å²) in [5.41, 5.74) is 3.09. The van der Waals surface area contributed by atoms with Crippen molar-refractivity contribution in [2.75, 3.05) is 25.0 Å². The first-order valence-electron chi connectivity index (χ1n) is 9.43. The third-order valence-electron chi connectivity index (χ3n) is 5.46. The number of amides is 1. The van der Waals surface area contributed by atoms with Gasteiger partial charge in [0.15, 0.2) is 0 Å². The van der Waals surface area contributed by atoms with E-state index in [4.69, 9.17) is 11.6 Å². The Morgan fingerprint density at radius 1 is 1.15 bits per heavy atom. The molecule has 1 aliphatic rings. The van der Waals surface area contributed by atoms with Gasteiger partial charge in [-0.3, -0.25) is 9.69 Å². The number of halogens is 1. The number of hydrogen-bond acceptors (Lipinski definition) is 3. The van der Waals surface area contributed by atoms with Crippen LogP contribution in [0.1, 0.15) is 30.9 Å². The summed E-state index contributed by atoms with van der Waals surface area (Å²) in [6.07, 6.45) is 2.74. The van der Waals surface area contributed by atoms with E-state index in [-0.39, 0.29) is 17.9 Å². The second-order valence-electron chi connectivity index (χ2n) is 7.58. The fourth-order valence-corrected chi connectivity index (χ4v) is 3.98. The quantitative estimate of drug-likeness (QED) is 0.785. The first-order chi connectivity index (χ1) is 13.0. The minimum atomic E-state index is -0.0865. The predicted molar refractivity (Wildman–Crippen MR) is 110 cm³/mol. The number of anilines is 1. The van der Waals surface area contributed by atoms with E-state index in [1.165, 1.54) is 12.5 Å². The number of carbonyl (C=O) groups is 1. The van der Waals surface area contributed by atoms with E-state index in [0.29, 0.717) is 0 Å². The Morgan fingerprint density at radius 2 is 1.81 bits per heavy atom. The molecule has 0 bridgehead atoms. The largest absolute Gasteiger partial charge is 0.396 e. The van der Waals surface area contributed by atoms with E-state index in [1.54, 1.807) is 0 Å². The topological polar surface area (TPSA) is 52.6 Å². The maximum absolute atomic E-state index is 11.1. The van der Waals surface area contributed by atoms with Gasteiger partial charge >= 0.3 is 0 Å². The van der Waals surface area contributed by atoms with Gasteiger partial charge in [-0.25, -0.2) is 0 Å². The van der Waals surface area contributed by atoms with Crippen molar-refractivity contribution in [2.24, 2.45) is 5.41 Å². The Labute approximate surface area is 166 Å². The fourth-order valence-electron chi connectivity index (χ4n) is 3.78. The first kappa shape index (κ1) is 19.9. The smallest absolute Gasteiger partial charge is 0.221 e. The molecular formula is C22H27ClN2O2. The van der Waals surface area contributed by atoms with Gasteiger partial charge in [-0.1, -0.05) is 41.9 Å². The third kappa shape index (κ3) is 5.32. The molecule has 1 heterocycles. The molecule has 0 spiro atoms. The summed E-state index contributed by atoms with van der Waals surface area (Å²) in [4.78, 5) is 13.5. The molecule has 144 valence electrons. The van der Waals surface area contributed by atoms with E-state index < -0.39 is 0 Å². The van der Waals surface area contributed by atoms with Crippen molar-refractivity contribution in [3.8, 4) is 0 Å². The highest BCUT2D eigenvalue weighted by Crippen LogP contribution is 2.36. The van der Waals surface area contributed by atoms with E-state index in [1.807, 2.05) is 30.3 Å². The van der Waals surface area contributed by atoms with Crippen LogP contribution in [0.5, 0.6) is 0 Å².